The highest BCUT2D eigenvalue weighted by Crippen LogP contribution is 2.17. The summed E-state index contributed by atoms with van der Waals surface area (Å²) in [6, 6.07) is 9.19. The third kappa shape index (κ3) is 5.04. The molecule has 0 aliphatic heterocycles. The number of aromatic amines is 1. The van der Waals surface area contributed by atoms with Gasteiger partial charge >= 0.3 is 5.97 Å². The van der Waals surface area contributed by atoms with Crippen LogP contribution < -0.4 is 5.32 Å². The van der Waals surface area contributed by atoms with Gasteiger partial charge in [-0.1, -0.05) is 36.8 Å². The van der Waals surface area contributed by atoms with Crippen molar-refractivity contribution >= 4 is 17.7 Å². The van der Waals surface area contributed by atoms with Crippen LogP contribution in [-0.2, 0) is 9.53 Å². The second-order valence-corrected chi connectivity index (χ2v) is 5.87. The van der Waals surface area contributed by atoms with Gasteiger partial charge in [0.15, 0.2) is 12.4 Å². The molecule has 132 valence electrons. The lowest BCUT2D eigenvalue weighted by Gasteiger charge is -2.17. The highest BCUT2D eigenvalue weighted by Gasteiger charge is 2.16. The molecule has 2 aromatic rings. The number of carbonyl (C=O) groups is 3. The van der Waals surface area contributed by atoms with E-state index >= 15 is 0 Å². The first-order valence-electron chi connectivity index (χ1n) is 8.13. The first kappa shape index (κ1) is 18.4. The topological polar surface area (TPSA) is 88.3 Å². The Kier molecular flexibility index (Phi) is 6.11. The number of ether oxygens (including phenoxy) is 1. The average Bonchev–Trinajstić information content (AvgIpc) is 3.09. The molecule has 0 radical (unpaired) electrons. The van der Waals surface area contributed by atoms with Crippen LogP contribution in [0.4, 0.5) is 0 Å². The largest absolute Gasteiger partial charge is 0.451 e. The first-order valence-corrected chi connectivity index (χ1v) is 8.13. The zero-order chi connectivity index (χ0) is 18.4. The Hall–Kier alpha value is -2.89. The van der Waals surface area contributed by atoms with Gasteiger partial charge in [-0.25, -0.2) is 4.79 Å². The fourth-order valence-corrected chi connectivity index (χ4v) is 2.38. The van der Waals surface area contributed by atoms with Gasteiger partial charge in [0.25, 0.3) is 5.91 Å². The number of aryl methyl sites for hydroxylation is 1. The SMILES string of the molecule is CC[C@@H](NC(=O)COC(=O)c1cc(C(C)=O)c[nH]1)c1ccc(C)cc1. The smallest absolute Gasteiger partial charge is 0.355 e. The number of H-pyrrole nitrogens is 1. The first-order chi connectivity index (χ1) is 11.9. The third-order valence-electron chi connectivity index (χ3n) is 3.87. The van der Waals surface area contributed by atoms with Crippen LogP contribution >= 0.6 is 0 Å². The number of nitrogens with one attached hydrogen (secondary N) is 2. The standard InChI is InChI=1S/C19H22N2O4/c1-4-16(14-7-5-12(2)6-8-14)21-18(23)11-25-19(24)17-9-15(10-20-17)13(3)22/h5-10,16,20H,4,11H2,1-3H3,(H,21,23)/t16-/m1/s1. The molecule has 1 aromatic heterocycles. The summed E-state index contributed by atoms with van der Waals surface area (Å²) in [5, 5.41) is 2.85. The van der Waals surface area contributed by atoms with E-state index in [1.54, 1.807) is 0 Å². The molecule has 1 heterocycles. The minimum absolute atomic E-state index is 0.137. The van der Waals surface area contributed by atoms with Gasteiger partial charge in [-0.3, -0.25) is 9.59 Å². The van der Waals surface area contributed by atoms with E-state index in [9.17, 15) is 14.4 Å². The number of esters is 1. The van der Waals surface area contributed by atoms with Crippen LogP contribution in [0.25, 0.3) is 0 Å². The third-order valence-corrected chi connectivity index (χ3v) is 3.87. The van der Waals surface area contributed by atoms with Crippen molar-refractivity contribution in [2.45, 2.75) is 33.2 Å². The lowest BCUT2D eigenvalue weighted by Crippen LogP contribution is -2.32. The van der Waals surface area contributed by atoms with Crippen molar-refractivity contribution in [3.05, 3.63) is 58.9 Å². The second kappa shape index (κ2) is 8.28. The van der Waals surface area contributed by atoms with E-state index in [4.69, 9.17) is 4.74 Å². The molecular formula is C19H22N2O4. The zero-order valence-electron chi connectivity index (χ0n) is 14.6. The van der Waals surface area contributed by atoms with Crippen molar-refractivity contribution in [3.8, 4) is 0 Å². The van der Waals surface area contributed by atoms with Gasteiger partial charge in [0.1, 0.15) is 5.69 Å². The summed E-state index contributed by atoms with van der Waals surface area (Å²) < 4.78 is 4.99. The van der Waals surface area contributed by atoms with Gasteiger partial charge in [0.05, 0.1) is 6.04 Å². The highest BCUT2D eigenvalue weighted by atomic mass is 16.5. The molecule has 0 unspecified atom stereocenters. The Bertz CT molecular complexity index is 762. The molecule has 1 amide bonds. The Morgan fingerprint density at radius 2 is 1.88 bits per heavy atom. The molecule has 25 heavy (non-hydrogen) atoms. The molecular weight excluding hydrogens is 320 g/mol. The van der Waals surface area contributed by atoms with E-state index in [1.165, 1.54) is 19.2 Å². The molecule has 0 aliphatic rings. The van der Waals surface area contributed by atoms with Gasteiger partial charge in [0, 0.05) is 11.8 Å². The minimum Gasteiger partial charge on any atom is -0.451 e. The molecule has 2 rings (SSSR count). The molecule has 0 bridgehead atoms. The van der Waals surface area contributed by atoms with Crippen molar-refractivity contribution in [1.29, 1.82) is 0 Å². The van der Waals surface area contributed by atoms with Crippen LogP contribution in [-0.4, -0.2) is 29.3 Å². The van der Waals surface area contributed by atoms with E-state index < -0.39 is 5.97 Å². The molecule has 0 spiro atoms. The summed E-state index contributed by atoms with van der Waals surface area (Å²) in [4.78, 5) is 37.8. The second-order valence-electron chi connectivity index (χ2n) is 5.87. The maximum absolute atomic E-state index is 12.0. The molecule has 1 atom stereocenters. The number of hydrogen-bond donors (Lipinski definition) is 2. The van der Waals surface area contributed by atoms with Gasteiger partial charge < -0.3 is 15.0 Å². The molecule has 2 N–H and O–H groups in total. The summed E-state index contributed by atoms with van der Waals surface area (Å²) in [6.07, 6.45) is 2.16. The predicted molar refractivity (Wildman–Crippen MR) is 93.4 cm³/mol. The quantitative estimate of drug-likeness (QED) is 0.598. The maximum Gasteiger partial charge on any atom is 0.355 e. The van der Waals surface area contributed by atoms with Crippen molar-refractivity contribution in [3.63, 3.8) is 0 Å². The molecule has 6 nitrogen and oxygen atoms in total. The van der Waals surface area contributed by atoms with Crippen molar-refractivity contribution in [1.82, 2.24) is 10.3 Å². The van der Waals surface area contributed by atoms with E-state index in [0.29, 0.717) is 5.56 Å². The monoisotopic (exact) mass is 342 g/mol. The highest BCUT2D eigenvalue weighted by molar-refractivity contribution is 5.97. The number of hydrogen-bond acceptors (Lipinski definition) is 4. The van der Waals surface area contributed by atoms with Crippen LogP contribution in [0.3, 0.4) is 0 Å². The van der Waals surface area contributed by atoms with Crippen molar-refractivity contribution < 1.29 is 19.1 Å². The summed E-state index contributed by atoms with van der Waals surface area (Å²) in [5.74, 6) is -1.21. The molecule has 0 fully saturated rings. The minimum atomic E-state index is -0.675. The van der Waals surface area contributed by atoms with Gasteiger partial charge in [-0.2, -0.15) is 0 Å². The fourth-order valence-electron chi connectivity index (χ4n) is 2.38. The lowest BCUT2D eigenvalue weighted by molar-refractivity contribution is -0.125. The molecule has 0 aliphatic carbocycles. The van der Waals surface area contributed by atoms with Gasteiger partial charge in [0.2, 0.25) is 0 Å². The van der Waals surface area contributed by atoms with E-state index in [0.717, 1.165) is 17.5 Å². The Labute approximate surface area is 146 Å². The van der Waals surface area contributed by atoms with Crippen molar-refractivity contribution in [2.24, 2.45) is 0 Å². The number of carbonyl (C=O) groups excluding carboxylic acids is 3. The lowest BCUT2D eigenvalue weighted by atomic mass is 10.0. The van der Waals surface area contributed by atoms with Crippen LogP contribution in [0.1, 0.15) is 58.3 Å². The normalized spacial score (nSPS) is 11.6. The maximum atomic E-state index is 12.0. The number of benzene rings is 1. The molecule has 6 heteroatoms. The molecule has 0 saturated heterocycles. The van der Waals surface area contributed by atoms with E-state index in [1.807, 2.05) is 38.1 Å². The number of aromatic nitrogens is 1. The number of rotatable bonds is 7. The fraction of sp³-hybridized carbons (Fsp3) is 0.316. The average molecular weight is 342 g/mol. The number of ketones is 1. The van der Waals surface area contributed by atoms with Crippen LogP contribution in [0.15, 0.2) is 36.5 Å². The summed E-state index contributed by atoms with van der Waals surface area (Å²) >= 11 is 0. The summed E-state index contributed by atoms with van der Waals surface area (Å²) in [7, 11) is 0. The van der Waals surface area contributed by atoms with Crippen molar-refractivity contribution in [2.75, 3.05) is 6.61 Å². The summed E-state index contributed by atoms with van der Waals surface area (Å²) in [5.41, 5.74) is 2.68. The summed E-state index contributed by atoms with van der Waals surface area (Å²) in [6.45, 7) is 5.00. The van der Waals surface area contributed by atoms with Gasteiger partial charge in [-0.05, 0) is 31.9 Å². The molecule has 0 saturated carbocycles. The number of amides is 1. The molecule has 1 aromatic carbocycles. The predicted octanol–water partition coefficient (Wildman–Crippen LogP) is 2.95. The van der Waals surface area contributed by atoms with Crippen LogP contribution in [0.2, 0.25) is 0 Å². The Morgan fingerprint density at radius 1 is 1.20 bits per heavy atom. The van der Waals surface area contributed by atoms with E-state index in [2.05, 4.69) is 10.3 Å². The van der Waals surface area contributed by atoms with Gasteiger partial charge in [-0.15, -0.1) is 0 Å². The van der Waals surface area contributed by atoms with E-state index in [-0.39, 0.29) is 30.0 Å². The Balaban J connectivity index is 1.89. The Morgan fingerprint density at radius 3 is 2.44 bits per heavy atom. The number of Topliss-reactive ketones (excluding diaryl/α,β-unsaturated/α-hetero) is 1. The van der Waals surface area contributed by atoms with Crippen LogP contribution in [0, 0.1) is 6.92 Å². The zero-order valence-corrected chi connectivity index (χ0v) is 14.6. The van der Waals surface area contributed by atoms with Crippen LogP contribution in [0.5, 0.6) is 0 Å².